The van der Waals surface area contributed by atoms with Gasteiger partial charge in [-0.1, -0.05) is 158 Å². The Hall–Kier alpha value is -7.16. The van der Waals surface area contributed by atoms with Crippen LogP contribution in [0.25, 0.3) is 66.1 Å². The van der Waals surface area contributed by atoms with Gasteiger partial charge >= 0.3 is 0 Å². The third-order valence-corrected chi connectivity index (χ3v) is 12.0. The van der Waals surface area contributed by atoms with Crippen LogP contribution >= 0.6 is 0 Å². The molecule has 0 N–H and O–H groups in total. The molecule has 55 heavy (non-hydrogen) atoms. The predicted molar refractivity (Wildman–Crippen MR) is 228 cm³/mol. The molecule has 1 spiro atoms. The number of fused-ring (bicyclic) bond motifs is 14. The van der Waals surface area contributed by atoms with Gasteiger partial charge in [0.15, 0.2) is 0 Å². The lowest BCUT2D eigenvalue weighted by Gasteiger charge is -2.32. The maximum absolute atomic E-state index is 6.95. The van der Waals surface area contributed by atoms with Crippen molar-refractivity contribution in [2.24, 2.45) is 0 Å². The minimum atomic E-state index is -0.435. The van der Waals surface area contributed by atoms with Gasteiger partial charge in [-0.15, -0.1) is 0 Å². The molecule has 0 bridgehead atoms. The Labute approximate surface area is 319 Å². The third kappa shape index (κ3) is 4.08. The molecule has 2 nitrogen and oxygen atoms in total. The molecular weight excluding hydrogens is 667 g/mol. The van der Waals surface area contributed by atoms with Crippen LogP contribution in [0.15, 0.2) is 205 Å². The van der Waals surface area contributed by atoms with Crippen molar-refractivity contribution in [3.05, 3.63) is 222 Å². The van der Waals surface area contributed by atoms with E-state index >= 15 is 0 Å². The van der Waals surface area contributed by atoms with E-state index in [0.717, 1.165) is 50.1 Å². The highest BCUT2D eigenvalue weighted by molar-refractivity contribution is 6.22. The van der Waals surface area contributed by atoms with Crippen molar-refractivity contribution in [2.75, 3.05) is 4.90 Å². The summed E-state index contributed by atoms with van der Waals surface area (Å²) in [6.45, 7) is 0. The van der Waals surface area contributed by atoms with E-state index in [4.69, 9.17) is 4.42 Å². The molecule has 9 aromatic carbocycles. The molecule has 12 rings (SSSR count). The summed E-state index contributed by atoms with van der Waals surface area (Å²) in [5.41, 5.74) is 17.4. The molecule has 2 aliphatic rings. The van der Waals surface area contributed by atoms with Crippen LogP contribution in [-0.4, -0.2) is 0 Å². The van der Waals surface area contributed by atoms with Crippen LogP contribution in [0.1, 0.15) is 22.3 Å². The van der Waals surface area contributed by atoms with E-state index in [0.29, 0.717) is 0 Å². The Bertz CT molecular complexity index is 3090. The van der Waals surface area contributed by atoms with E-state index < -0.39 is 5.41 Å². The molecule has 1 aromatic heterocycles. The van der Waals surface area contributed by atoms with Crippen LogP contribution in [0.4, 0.5) is 17.1 Å². The summed E-state index contributed by atoms with van der Waals surface area (Å²) in [6, 6.07) is 73.1. The van der Waals surface area contributed by atoms with E-state index in [2.05, 4.69) is 205 Å². The highest BCUT2D eigenvalue weighted by Crippen LogP contribution is 2.63. The lowest BCUT2D eigenvalue weighted by molar-refractivity contribution is 0.670. The maximum Gasteiger partial charge on any atom is 0.143 e. The monoisotopic (exact) mass is 699 g/mol. The maximum atomic E-state index is 6.95. The number of rotatable bonds is 4. The minimum Gasteiger partial charge on any atom is -0.455 e. The van der Waals surface area contributed by atoms with Gasteiger partial charge in [-0.25, -0.2) is 0 Å². The van der Waals surface area contributed by atoms with Crippen molar-refractivity contribution in [2.45, 2.75) is 5.41 Å². The largest absolute Gasteiger partial charge is 0.455 e. The number of anilines is 3. The van der Waals surface area contributed by atoms with Crippen molar-refractivity contribution in [1.29, 1.82) is 0 Å². The van der Waals surface area contributed by atoms with Crippen LogP contribution in [0, 0.1) is 0 Å². The summed E-state index contributed by atoms with van der Waals surface area (Å²) in [5, 5.41) is 4.57. The van der Waals surface area contributed by atoms with E-state index in [1.807, 2.05) is 0 Å². The quantitative estimate of drug-likeness (QED) is 0.182. The van der Waals surface area contributed by atoms with Gasteiger partial charge in [-0.05, 0) is 103 Å². The van der Waals surface area contributed by atoms with E-state index in [-0.39, 0.29) is 0 Å². The van der Waals surface area contributed by atoms with Crippen molar-refractivity contribution in [3.63, 3.8) is 0 Å². The first-order valence-corrected chi connectivity index (χ1v) is 19.0. The predicted octanol–water partition coefficient (Wildman–Crippen LogP) is 14.2. The fourth-order valence-electron chi connectivity index (χ4n) is 9.91. The zero-order chi connectivity index (χ0) is 36.1. The third-order valence-electron chi connectivity index (χ3n) is 12.0. The molecule has 0 atom stereocenters. The van der Waals surface area contributed by atoms with Gasteiger partial charge in [-0.2, -0.15) is 0 Å². The van der Waals surface area contributed by atoms with E-state index in [1.54, 1.807) is 0 Å². The Morgan fingerprint density at radius 2 is 0.982 bits per heavy atom. The molecule has 0 aliphatic heterocycles. The Kier molecular flexibility index (Phi) is 6.29. The van der Waals surface area contributed by atoms with Gasteiger partial charge in [0.1, 0.15) is 11.2 Å². The van der Waals surface area contributed by atoms with Crippen molar-refractivity contribution in [1.82, 2.24) is 0 Å². The first-order valence-electron chi connectivity index (χ1n) is 19.0. The fraction of sp³-hybridized carbons (Fsp3) is 0.0189. The lowest BCUT2D eigenvalue weighted by Crippen LogP contribution is -2.26. The summed E-state index contributed by atoms with van der Waals surface area (Å²) in [5.74, 6) is 0. The number of para-hydroxylation sites is 1. The molecular formula is C53H33NO. The van der Waals surface area contributed by atoms with Crippen LogP contribution in [-0.2, 0) is 5.41 Å². The molecule has 0 saturated carbocycles. The standard InChI is InChI=1S/C53H33NO/c1-3-16-34(17-4-1)50-38-21-8-7-18-35(38)32-43-51-48(28-15-29-49(51)55-52(43)50)54(36-19-5-2-6-20-36)37-30-31-42-41-24-11-14-27-46(41)53(47(42)33-37)44-25-12-9-22-39(44)40-23-10-13-26-45(40)53/h1-33H. The second-order valence-corrected chi connectivity index (χ2v) is 14.8. The summed E-state index contributed by atoms with van der Waals surface area (Å²) >= 11 is 0. The number of hydrogen-bond acceptors (Lipinski definition) is 2. The molecule has 0 amide bonds. The van der Waals surface area contributed by atoms with E-state index in [9.17, 15) is 0 Å². The summed E-state index contributed by atoms with van der Waals surface area (Å²) in [7, 11) is 0. The number of hydrogen-bond donors (Lipinski definition) is 0. The van der Waals surface area contributed by atoms with Gasteiger partial charge in [-0.3, -0.25) is 0 Å². The molecule has 0 radical (unpaired) electrons. The van der Waals surface area contributed by atoms with Crippen LogP contribution in [0.2, 0.25) is 0 Å². The second-order valence-electron chi connectivity index (χ2n) is 14.8. The molecule has 0 unspecified atom stereocenters. The molecule has 1 heterocycles. The topological polar surface area (TPSA) is 16.4 Å². The molecule has 2 aliphatic carbocycles. The Morgan fingerprint density at radius 3 is 1.67 bits per heavy atom. The highest BCUT2D eigenvalue weighted by atomic mass is 16.3. The molecule has 0 fully saturated rings. The van der Waals surface area contributed by atoms with Gasteiger partial charge < -0.3 is 9.32 Å². The molecule has 0 saturated heterocycles. The smallest absolute Gasteiger partial charge is 0.143 e. The number of furan rings is 1. The Morgan fingerprint density at radius 1 is 0.400 bits per heavy atom. The second kappa shape index (κ2) is 11.4. The van der Waals surface area contributed by atoms with Crippen molar-refractivity contribution < 1.29 is 4.42 Å². The van der Waals surface area contributed by atoms with Crippen LogP contribution in [0.5, 0.6) is 0 Å². The van der Waals surface area contributed by atoms with E-state index in [1.165, 1.54) is 55.3 Å². The first kappa shape index (κ1) is 30.3. The van der Waals surface area contributed by atoms with Crippen molar-refractivity contribution in [3.8, 4) is 33.4 Å². The Balaban J connectivity index is 1.16. The highest BCUT2D eigenvalue weighted by Gasteiger charge is 2.51. The first-order chi connectivity index (χ1) is 27.3. The molecule has 10 aromatic rings. The summed E-state index contributed by atoms with van der Waals surface area (Å²) < 4.78 is 6.95. The van der Waals surface area contributed by atoms with Crippen LogP contribution in [0.3, 0.4) is 0 Å². The van der Waals surface area contributed by atoms with Gasteiger partial charge in [0.2, 0.25) is 0 Å². The zero-order valence-corrected chi connectivity index (χ0v) is 29.9. The normalized spacial score (nSPS) is 13.2. The van der Waals surface area contributed by atoms with Gasteiger partial charge in [0, 0.05) is 22.3 Å². The van der Waals surface area contributed by atoms with Crippen molar-refractivity contribution >= 4 is 49.8 Å². The average molecular weight is 700 g/mol. The zero-order valence-electron chi connectivity index (χ0n) is 29.9. The minimum absolute atomic E-state index is 0.435. The SMILES string of the molecule is c1ccc(-c2c3ccccc3cc3c2oc2cccc(N(c4ccccc4)c4ccc5c(c4)C4(c6ccccc6-c6ccccc64)c4ccccc4-5)c23)cc1. The number of benzene rings is 9. The number of nitrogens with zero attached hydrogens (tertiary/aromatic N) is 1. The summed E-state index contributed by atoms with van der Waals surface area (Å²) in [4.78, 5) is 2.43. The average Bonchev–Trinajstić information content (AvgIpc) is 3.88. The molecule has 2 heteroatoms. The molecule has 256 valence electrons. The van der Waals surface area contributed by atoms with Gasteiger partial charge in [0.05, 0.1) is 16.5 Å². The van der Waals surface area contributed by atoms with Crippen LogP contribution < -0.4 is 4.90 Å². The lowest BCUT2D eigenvalue weighted by atomic mass is 9.70. The fourth-order valence-corrected chi connectivity index (χ4v) is 9.91. The van der Waals surface area contributed by atoms with Gasteiger partial charge in [0.25, 0.3) is 0 Å². The summed E-state index contributed by atoms with van der Waals surface area (Å²) in [6.07, 6.45) is 0.